The highest BCUT2D eigenvalue weighted by molar-refractivity contribution is 9.09. The summed E-state index contributed by atoms with van der Waals surface area (Å²) in [5.74, 6) is 0.672. The standard InChI is InChI=1S/C13H18Br2ClN/c1-10(2)5-13(8-14,9-15)6-11-3-4-17-7-12(11)16/h3-4,7,10H,5-6,8-9H2,1-2H3. The van der Waals surface area contributed by atoms with Crippen LogP contribution in [0.25, 0.3) is 0 Å². The van der Waals surface area contributed by atoms with Crippen LogP contribution < -0.4 is 0 Å². The van der Waals surface area contributed by atoms with Crippen LogP contribution in [-0.4, -0.2) is 15.6 Å². The molecule has 1 aromatic rings. The van der Waals surface area contributed by atoms with Crippen LogP contribution >= 0.6 is 43.5 Å². The van der Waals surface area contributed by atoms with E-state index in [-0.39, 0.29) is 5.41 Å². The summed E-state index contributed by atoms with van der Waals surface area (Å²) in [7, 11) is 0. The lowest BCUT2D eigenvalue weighted by Crippen LogP contribution is -2.29. The van der Waals surface area contributed by atoms with Gasteiger partial charge in [0.05, 0.1) is 5.02 Å². The Morgan fingerprint density at radius 2 is 2.00 bits per heavy atom. The van der Waals surface area contributed by atoms with E-state index in [1.165, 1.54) is 12.0 Å². The van der Waals surface area contributed by atoms with E-state index in [1.54, 1.807) is 6.20 Å². The zero-order chi connectivity index (χ0) is 12.9. The third-order valence-corrected chi connectivity index (χ3v) is 5.55. The molecule has 0 aromatic carbocycles. The molecule has 0 unspecified atom stereocenters. The highest BCUT2D eigenvalue weighted by Crippen LogP contribution is 2.36. The van der Waals surface area contributed by atoms with E-state index in [9.17, 15) is 0 Å². The quantitative estimate of drug-likeness (QED) is 0.623. The number of nitrogens with zero attached hydrogens (tertiary/aromatic N) is 1. The van der Waals surface area contributed by atoms with Crippen LogP contribution in [0, 0.1) is 11.3 Å². The van der Waals surface area contributed by atoms with Crippen molar-refractivity contribution in [2.24, 2.45) is 11.3 Å². The SMILES string of the molecule is CC(C)CC(CBr)(CBr)Cc1ccncc1Cl. The second-order valence-corrected chi connectivity index (χ2v) is 6.54. The van der Waals surface area contributed by atoms with Gasteiger partial charge in [-0.3, -0.25) is 4.98 Å². The van der Waals surface area contributed by atoms with E-state index in [2.05, 4.69) is 50.7 Å². The molecule has 17 heavy (non-hydrogen) atoms. The Morgan fingerprint density at radius 3 is 2.47 bits per heavy atom. The molecule has 96 valence electrons. The van der Waals surface area contributed by atoms with Gasteiger partial charge in [0, 0.05) is 23.1 Å². The first-order chi connectivity index (χ1) is 8.03. The molecule has 0 aliphatic rings. The van der Waals surface area contributed by atoms with Gasteiger partial charge < -0.3 is 0 Å². The van der Waals surface area contributed by atoms with Crippen molar-refractivity contribution in [3.05, 3.63) is 29.0 Å². The van der Waals surface area contributed by atoms with Crippen LogP contribution in [0.5, 0.6) is 0 Å². The fraction of sp³-hybridized carbons (Fsp3) is 0.615. The number of rotatable bonds is 6. The molecule has 0 saturated heterocycles. The van der Waals surface area contributed by atoms with E-state index in [0.717, 1.165) is 22.1 Å². The second kappa shape index (κ2) is 7.10. The predicted molar refractivity (Wildman–Crippen MR) is 82.4 cm³/mol. The molecule has 0 aliphatic heterocycles. The van der Waals surface area contributed by atoms with Crippen LogP contribution in [-0.2, 0) is 6.42 Å². The van der Waals surface area contributed by atoms with Gasteiger partial charge in [0.1, 0.15) is 0 Å². The van der Waals surface area contributed by atoms with E-state index in [0.29, 0.717) is 5.92 Å². The molecule has 0 radical (unpaired) electrons. The summed E-state index contributed by atoms with van der Waals surface area (Å²) in [6.07, 6.45) is 5.68. The van der Waals surface area contributed by atoms with E-state index < -0.39 is 0 Å². The Labute approximate surface area is 126 Å². The fourth-order valence-electron chi connectivity index (χ4n) is 2.13. The van der Waals surface area contributed by atoms with Gasteiger partial charge in [-0.1, -0.05) is 57.3 Å². The lowest BCUT2D eigenvalue weighted by Gasteiger charge is -2.32. The summed E-state index contributed by atoms with van der Waals surface area (Å²) in [4.78, 5) is 4.03. The zero-order valence-corrected chi connectivity index (χ0v) is 14.1. The third-order valence-electron chi connectivity index (χ3n) is 2.83. The van der Waals surface area contributed by atoms with Gasteiger partial charge in [-0.25, -0.2) is 0 Å². The number of hydrogen-bond acceptors (Lipinski definition) is 1. The molecule has 0 saturated carbocycles. The van der Waals surface area contributed by atoms with Crippen molar-refractivity contribution >= 4 is 43.5 Å². The number of halogens is 3. The lowest BCUT2D eigenvalue weighted by atomic mass is 9.79. The van der Waals surface area contributed by atoms with Gasteiger partial charge in [-0.05, 0) is 35.8 Å². The molecule has 0 atom stereocenters. The summed E-state index contributed by atoms with van der Waals surface area (Å²) >= 11 is 13.5. The van der Waals surface area contributed by atoms with Gasteiger partial charge in [-0.2, -0.15) is 0 Å². The normalized spacial score (nSPS) is 12.1. The van der Waals surface area contributed by atoms with Crippen LogP contribution in [0.2, 0.25) is 5.02 Å². The van der Waals surface area contributed by atoms with Crippen molar-refractivity contribution in [2.75, 3.05) is 10.7 Å². The van der Waals surface area contributed by atoms with Gasteiger partial charge in [0.2, 0.25) is 0 Å². The van der Waals surface area contributed by atoms with E-state index >= 15 is 0 Å². The fourth-order valence-corrected chi connectivity index (χ4v) is 4.10. The minimum atomic E-state index is 0.221. The maximum Gasteiger partial charge on any atom is 0.0621 e. The Kier molecular flexibility index (Phi) is 6.46. The molecule has 0 spiro atoms. The van der Waals surface area contributed by atoms with Gasteiger partial charge in [0.25, 0.3) is 0 Å². The van der Waals surface area contributed by atoms with Crippen molar-refractivity contribution in [3.8, 4) is 0 Å². The maximum absolute atomic E-state index is 6.19. The van der Waals surface area contributed by atoms with Crippen LogP contribution in [0.15, 0.2) is 18.5 Å². The first-order valence-electron chi connectivity index (χ1n) is 5.73. The molecule has 0 bridgehead atoms. The van der Waals surface area contributed by atoms with Crippen molar-refractivity contribution < 1.29 is 0 Å². The summed E-state index contributed by atoms with van der Waals surface area (Å²) in [5, 5.41) is 2.71. The monoisotopic (exact) mass is 381 g/mol. The molecular weight excluding hydrogens is 365 g/mol. The molecule has 0 amide bonds. The van der Waals surface area contributed by atoms with Crippen molar-refractivity contribution in [2.45, 2.75) is 26.7 Å². The average Bonchev–Trinajstić information content (AvgIpc) is 2.30. The summed E-state index contributed by atoms with van der Waals surface area (Å²) in [6, 6.07) is 2.02. The Balaban J connectivity index is 2.90. The van der Waals surface area contributed by atoms with E-state index in [1.807, 2.05) is 12.3 Å². The molecular formula is C13H18Br2ClN. The Hall–Kier alpha value is 0.400. The largest absolute Gasteiger partial charge is 0.263 e. The smallest absolute Gasteiger partial charge is 0.0621 e. The van der Waals surface area contributed by atoms with Gasteiger partial charge in [0.15, 0.2) is 0 Å². The lowest BCUT2D eigenvalue weighted by molar-refractivity contribution is 0.304. The topological polar surface area (TPSA) is 12.9 Å². The molecule has 0 fully saturated rings. The summed E-state index contributed by atoms with van der Waals surface area (Å²) in [5.41, 5.74) is 1.40. The Bertz CT molecular complexity index is 351. The average molecular weight is 384 g/mol. The molecule has 4 heteroatoms. The van der Waals surface area contributed by atoms with Crippen LogP contribution in [0.3, 0.4) is 0 Å². The van der Waals surface area contributed by atoms with E-state index in [4.69, 9.17) is 11.6 Å². The zero-order valence-electron chi connectivity index (χ0n) is 10.2. The highest BCUT2D eigenvalue weighted by atomic mass is 79.9. The number of hydrogen-bond donors (Lipinski definition) is 0. The molecule has 1 heterocycles. The number of pyridine rings is 1. The first-order valence-corrected chi connectivity index (χ1v) is 8.35. The van der Waals surface area contributed by atoms with Crippen molar-refractivity contribution in [3.63, 3.8) is 0 Å². The molecule has 1 rings (SSSR count). The summed E-state index contributed by atoms with van der Waals surface area (Å²) < 4.78 is 0. The first kappa shape index (κ1) is 15.5. The molecule has 0 N–H and O–H groups in total. The second-order valence-electron chi connectivity index (χ2n) is 5.01. The third kappa shape index (κ3) is 4.53. The van der Waals surface area contributed by atoms with Crippen LogP contribution in [0.1, 0.15) is 25.8 Å². The highest BCUT2D eigenvalue weighted by Gasteiger charge is 2.29. The molecule has 1 nitrogen and oxygen atoms in total. The van der Waals surface area contributed by atoms with Crippen molar-refractivity contribution in [1.82, 2.24) is 4.98 Å². The maximum atomic E-state index is 6.19. The Morgan fingerprint density at radius 1 is 1.35 bits per heavy atom. The minimum Gasteiger partial charge on any atom is -0.263 e. The molecule has 0 aliphatic carbocycles. The molecule has 1 aromatic heterocycles. The number of aromatic nitrogens is 1. The summed E-state index contributed by atoms with van der Waals surface area (Å²) in [6.45, 7) is 4.52. The predicted octanol–water partition coefficient (Wildman–Crippen LogP) is 5.10. The number of alkyl halides is 2. The van der Waals surface area contributed by atoms with Gasteiger partial charge in [-0.15, -0.1) is 0 Å². The van der Waals surface area contributed by atoms with Gasteiger partial charge >= 0.3 is 0 Å². The minimum absolute atomic E-state index is 0.221. The van der Waals surface area contributed by atoms with Crippen LogP contribution in [0.4, 0.5) is 0 Å². The van der Waals surface area contributed by atoms with Crippen molar-refractivity contribution in [1.29, 1.82) is 0 Å².